The highest BCUT2D eigenvalue weighted by Gasteiger charge is 2.19. The summed E-state index contributed by atoms with van der Waals surface area (Å²) in [5, 5.41) is 24.2. The summed E-state index contributed by atoms with van der Waals surface area (Å²) in [7, 11) is 3.98. The first-order valence-corrected chi connectivity index (χ1v) is 11.8. The van der Waals surface area contributed by atoms with Gasteiger partial charge in [0.25, 0.3) is 6.47 Å². The van der Waals surface area contributed by atoms with Crippen molar-refractivity contribution in [2.75, 3.05) is 40.3 Å². The van der Waals surface area contributed by atoms with Gasteiger partial charge in [-0.15, -0.1) is 37.2 Å². The second kappa shape index (κ2) is 15.7. The lowest BCUT2D eigenvalue weighted by atomic mass is 9.93. The van der Waals surface area contributed by atoms with E-state index in [4.69, 9.17) is 14.6 Å². The summed E-state index contributed by atoms with van der Waals surface area (Å²) in [5.41, 5.74) is 4.06. The third kappa shape index (κ3) is 8.33. The molecule has 2 N–H and O–H groups in total. The summed E-state index contributed by atoms with van der Waals surface area (Å²) in [6, 6.07) is 7.01. The quantitative estimate of drug-likeness (QED) is 0.313. The lowest BCUT2D eigenvalue weighted by Gasteiger charge is -2.21. The first-order valence-electron chi connectivity index (χ1n) is 11.8. The molecule has 1 aromatic carbocycles. The molecule has 0 atom stereocenters. The Hall–Kier alpha value is -2.83. The predicted molar refractivity (Wildman–Crippen MR) is 156 cm³/mol. The van der Waals surface area contributed by atoms with Crippen LogP contribution in [-0.4, -0.2) is 81.6 Å². The molecule has 4 heterocycles. The third-order valence-corrected chi connectivity index (χ3v) is 6.03. The van der Waals surface area contributed by atoms with Crippen LogP contribution in [0.5, 0.6) is 5.75 Å². The van der Waals surface area contributed by atoms with Crippen molar-refractivity contribution in [2.24, 2.45) is 0 Å². The first kappa shape index (κ1) is 34.2. The second-order valence-electron chi connectivity index (χ2n) is 8.99. The molecule has 214 valence electrons. The van der Waals surface area contributed by atoms with Crippen molar-refractivity contribution in [3.63, 3.8) is 0 Å². The minimum atomic E-state index is -0.327. The molecule has 0 radical (unpaired) electrons. The van der Waals surface area contributed by atoms with Gasteiger partial charge in [-0.25, -0.2) is 13.9 Å². The maximum atomic E-state index is 15.2. The third-order valence-electron chi connectivity index (χ3n) is 6.03. The molecule has 39 heavy (non-hydrogen) atoms. The van der Waals surface area contributed by atoms with Gasteiger partial charge in [0.15, 0.2) is 11.4 Å². The van der Waals surface area contributed by atoms with Gasteiger partial charge in [-0.3, -0.25) is 4.79 Å². The zero-order valence-corrected chi connectivity index (χ0v) is 24.3. The van der Waals surface area contributed by atoms with Crippen LogP contribution in [0.4, 0.5) is 4.39 Å². The van der Waals surface area contributed by atoms with Gasteiger partial charge in [-0.1, -0.05) is 0 Å². The number of likely N-dealkylation sites (N-methyl/N-ethyl adjacent to an activating group) is 1. The summed E-state index contributed by atoms with van der Waals surface area (Å²) in [6.45, 7) is 4.83. The molecule has 1 fully saturated rings. The van der Waals surface area contributed by atoms with Crippen molar-refractivity contribution in [1.82, 2.24) is 35.0 Å². The molecule has 0 bridgehead atoms. The molecule has 10 nitrogen and oxygen atoms in total. The predicted octanol–water partition coefficient (Wildman–Crippen LogP) is 4.16. The molecule has 14 heteroatoms. The number of hydrogen-bond donors (Lipinski definition) is 2. The van der Waals surface area contributed by atoms with Crippen molar-refractivity contribution >= 4 is 60.2 Å². The minimum absolute atomic E-state index is 0. The summed E-state index contributed by atoms with van der Waals surface area (Å²) < 4.78 is 22.9. The van der Waals surface area contributed by atoms with E-state index in [1.165, 1.54) is 6.07 Å². The Labute approximate surface area is 244 Å². The molecular weight excluding hydrogens is 572 g/mol. The fourth-order valence-corrected chi connectivity index (χ4v) is 4.23. The van der Waals surface area contributed by atoms with E-state index in [9.17, 15) is 0 Å². The fraction of sp³-hybridized carbons (Fsp3) is 0.400. The molecule has 0 spiro atoms. The number of halogens is 4. The van der Waals surface area contributed by atoms with E-state index in [-0.39, 0.29) is 49.5 Å². The molecule has 0 amide bonds. The molecule has 0 unspecified atom stereocenters. The van der Waals surface area contributed by atoms with Gasteiger partial charge in [0.1, 0.15) is 12.4 Å². The molecule has 3 aromatic heterocycles. The highest BCUT2D eigenvalue weighted by atomic mass is 35.5. The Morgan fingerprint density at radius 1 is 1.15 bits per heavy atom. The van der Waals surface area contributed by atoms with E-state index in [0.717, 1.165) is 43.9 Å². The van der Waals surface area contributed by atoms with Crippen molar-refractivity contribution in [3.05, 3.63) is 47.7 Å². The van der Waals surface area contributed by atoms with Crippen LogP contribution in [0.25, 0.3) is 27.8 Å². The number of imidazole rings is 1. The number of rotatable bonds is 6. The Bertz CT molecular complexity index is 1370. The average Bonchev–Trinajstić information content (AvgIpc) is 3.25. The Kier molecular flexibility index (Phi) is 13.8. The molecular formula is C25H33Cl3FN7O3. The van der Waals surface area contributed by atoms with Crippen molar-refractivity contribution in [1.29, 1.82) is 0 Å². The average molecular weight is 605 g/mol. The number of benzene rings is 1. The summed E-state index contributed by atoms with van der Waals surface area (Å²) in [4.78, 5) is 14.9. The fourth-order valence-electron chi connectivity index (χ4n) is 4.23. The highest BCUT2D eigenvalue weighted by Crippen LogP contribution is 2.31. The van der Waals surface area contributed by atoms with E-state index < -0.39 is 0 Å². The van der Waals surface area contributed by atoms with Gasteiger partial charge in [0.05, 0.1) is 28.8 Å². The number of ether oxygens (including phenoxy) is 1. The number of aromatic nitrogens is 5. The van der Waals surface area contributed by atoms with Gasteiger partial charge in [-0.2, -0.15) is 15.3 Å². The van der Waals surface area contributed by atoms with E-state index in [0.29, 0.717) is 46.1 Å². The lowest BCUT2D eigenvalue weighted by Crippen LogP contribution is -2.27. The van der Waals surface area contributed by atoms with E-state index in [1.807, 2.05) is 50.3 Å². The second-order valence-corrected chi connectivity index (χ2v) is 8.99. The van der Waals surface area contributed by atoms with Gasteiger partial charge >= 0.3 is 0 Å². The molecule has 1 saturated heterocycles. The molecule has 0 saturated carbocycles. The SMILES string of the molecule is Cc1cn2nc(-c3cc(F)c4cc(C5CCNCC5)nnc4c3)cc(OCCN(C)C)c2n1.Cl.Cl.Cl.O=CO. The molecule has 5 rings (SSSR count). The highest BCUT2D eigenvalue weighted by molar-refractivity contribution is 5.86. The normalized spacial score (nSPS) is 13.1. The van der Waals surface area contributed by atoms with Crippen LogP contribution in [0.2, 0.25) is 0 Å². The maximum absolute atomic E-state index is 15.2. The maximum Gasteiger partial charge on any atom is 0.290 e. The van der Waals surface area contributed by atoms with Crippen LogP contribution in [0.15, 0.2) is 30.5 Å². The van der Waals surface area contributed by atoms with Crippen molar-refractivity contribution < 1.29 is 19.0 Å². The first-order chi connectivity index (χ1) is 17.4. The number of fused-ring (bicyclic) bond motifs is 2. The Morgan fingerprint density at radius 2 is 1.85 bits per heavy atom. The molecule has 0 aliphatic carbocycles. The van der Waals surface area contributed by atoms with E-state index in [1.54, 1.807) is 4.52 Å². The zero-order valence-electron chi connectivity index (χ0n) is 21.8. The summed E-state index contributed by atoms with van der Waals surface area (Å²) in [5.74, 6) is 0.604. The standard InChI is InChI=1S/C24H28FN7O.CH2O2.3ClH/c1-15-14-32-24(27-15)23(33-9-8-31(2)3)13-21(30-32)17-10-19(25)18-12-20(28-29-22(18)11-17)16-4-6-26-7-5-16;2-1-3;;;/h10-14,16,26H,4-9H2,1-3H3;1H,(H,2,3);3*1H. The largest absolute Gasteiger partial charge is 0.488 e. The van der Waals surface area contributed by atoms with Crippen LogP contribution in [0.1, 0.15) is 30.1 Å². The van der Waals surface area contributed by atoms with Crippen LogP contribution >= 0.6 is 37.2 Å². The Balaban J connectivity index is 0.00000121. The number of carboxylic acid groups (broad SMARTS) is 1. The molecule has 1 aliphatic rings. The molecule has 1 aliphatic heterocycles. The molecule has 4 aromatic rings. The monoisotopic (exact) mass is 603 g/mol. The number of piperidine rings is 1. The Morgan fingerprint density at radius 3 is 2.51 bits per heavy atom. The van der Waals surface area contributed by atoms with E-state index >= 15 is 4.39 Å². The van der Waals surface area contributed by atoms with Gasteiger partial charge < -0.3 is 20.1 Å². The van der Waals surface area contributed by atoms with Gasteiger partial charge in [-0.05, 0) is 65.1 Å². The van der Waals surface area contributed by atoms with E-state index in [2.05, 4.69) is 25.6 Å². The smallest absolute Gasteiger partial charge is 0.290 e. The summed E-state index contributed by atoms with van der Waals surface area (Å²) >= 11 is 0. The number of aryl methyl sites for hydroxylation is 1. The summed E-state index contributed by atoms with van der Waals surface area (Å²) in [6.07, 6.45) is 3.82. The van der Waals surface area contributed by atoms with Gasteiger partial charge in [0.2, 0.25) is 0 Å². The number of hydrogen-bond acceptors (Lipinski definition) is 8. The topological polar surface area (TPSA) is 118 Å². The van der Waals surface area contributed by atoms with Crippen LogP contribution in [0, 0.1) is 12.7 Å². The van der Waals surface area contributed by atoms with Gasteiger partial charge in [0, 0.05) is 29.5 Å². The number of nitrogens with one attached hydrogen (secondary N) is 1. The lowest BCUT2D eigenvalue weighted by molar-refractivity contribution is -0.122. The minimum Gasteiger partial charge on any atom is -0.488 e. The van der Waals surface area contributed by atoms with Crippen molar-refractivity contribution in [2.45, 2.75) is 25.7 Å². The number of nitrogens with zero attached hydrogens (tertiary/aromatic N) is 6. The number of carbonyl (C=O) groups is 1. The van der Waals surface area contributed by atoms with Crippen LogP contribution < -0.4 is 10.1 Å². The van der Waals surface area contributed by atoms with Crippen molar-refractivity contribution in [3.8, 4) is 17.0 Å². The van der Waals surface area contributed by atoms with Crippen LogP contribution in [-0.2, 0) is 4.79 Å². The van der Waals surface area contributed by atoms with Crippen LogP contribution in [0.3, 0.4) is 0 Å². The zero-order chi connectivity index (χ0) is 25.7.